The summed E-state index contributed by atoms with van der Waals surface area (Å²) in [6, 6.07) is 10.1. The van der Waals surface area contributed by atoms with Gasteiger partial charge in [-0.3, -0.25) is 4.79 Å². The van der Waals surface area contributed by atoms with Gasteiger partial charge in [-0.1, -0.05) is 12.1 Å². The molecule has 1 N–H and O–H groups in total. The highest BCUT2D eigenvalue weighted by Gasteiger charge is 2.26. The van der Waals surface area contributed by atoms with Crippen molar-refractivity contribution in [2.75, 3.05) is 24.6 Å². The standard InChI is InChI=1S/C25H30F2N2O2/c1-16(28-17(2)30)20-5-8-25(24(27)13-20)29-11-9-19(10-12-29)22-7-6-21(14-23(22)26)31-15-18-3-4-18/h5-8,13-14,16,18-19H,3-4,9-12,15H2,1-2H3,(H,28,30). The fourth-order valence-electron chi connectivity index (χ4n) is 4.30. The van der Waals surface area contributed by atoms with Crippen molar-refractivity contribution >= 4 is 11.6 Å². The quantitative estimate of drug-likeness (QED) is 0.648. The first-order valence-electron chi connectivity index (χ1n) is 11.1. The van der Waals surface area contributed by atoms with Crippen LogP contribution in [0.15, 0.2) is 36.4 Å². The van der Waals surface area contributed by atoms with E-state index in [1.54, 1.807) is 6.07 Å². The predicted molar refractivity (Wildman–Crippen MR) is 117 cm³/mol. The van der Waals surface area contributed by atoms with E-state index in [1.807, 2.05) is 30.0 Å². The molecule has 0 radical (unpaired) electrons. The molecule has 2 aliphatic rings. The number of carbonyl (C=O) groups is 1. The lowest BCUT2D eigenvalue weighted by atomic mass is 9.88. The Kier molecular flexibility index (Phi) is 6.44. The maximum absolute atomic E-state index is 14.8. The van der Waals surface area contributed by atoms with E-state index < -0.39 is 0 Å². The van der Waals surface area contributed by atoms with Gasteiger partial charge in [0.25, 0.3) is 0 Å². The molecule has 0 bridgehead atoms. The minimum absolute atomic E-state index is 0.121. The smallest absolute Gasteiger partial charge is 0.217 e. The summed E-state index contributed by atoms with van der Waals surface area (Å²) in [6.07, 6.45) is 3.94. The van der Waals surface area contributed by atoms with E-state index in [2.05, 4.69) is 5.32 Å². The number of hydrogen-bond acceptors (Lipinski definition) is 3. The summed E-state index contributed by atoms with van der Waals surface area (Å²) >= 11 is 0. The van der Waals surface area contributed by atoms with Crippen LogP contribution in [0.1, 0.15) is 62.6 Å². The zero-order chi connectivity index (χ0) is 22.0. The van der Waals surface area contributed by atoms with E-state index in [0.29, 0.717) is 37.1 Å². The highest BCUT2D eigenvalue weighted by atomic mass is 19.1. The largest absolute Gasteiger partial charge is 0.493 e. The molecule has 1 atom stereocenters. The molecular weight excluding hydrogens is 398 g/mol. The van der Waals surface area contributed by atoms with Crippen LogP contribution < -0.4 is 15.0 Å². The van der Waals surface area contributed by atoms with Crippen LogP contribution in [-0.2, 0) is 4.79 Å². The molecule has 1 unspecified atom stereocenters. The first-order valence-corrected chi connectivity index (χ1v) is 11.1. The van der Waals surface area contributed by atoms with Gasteiger partial charge in [-0.05, 0) is 73.8 Å². The molecular formula is C25H30F2N2O2. The van der Waals surface area contributed by atoms with Gasteiger partial charge in [0.05, 0.1) is 18.3 Å². The second kappa shape index (κ2) is 9.25. The summed E-state index contributed by atoms with van der Waals surface area (Å²) in [7, 11) is 0. The first kappa shape index (κ1) is 21.6. The van der Waals surface area contributed by atoms with Crippen molar-refractivity contribution < 1.29 is 18.3 Å². The Morgan fingerprint density at radius 2 is 1.84 bits per heavy atom. The molecule has 4 rings (SSSR count). The van der Waals surface area contributed by atoms with Crippen LogP contribution >= 0.6 is 0 Å². The third-order valence-corrected chi connectivity index (χ3v) is 6.32. The lowest BCUT2D eigenvalue weighted by Gasteiger charge is -2.34. The number of carbonyl (C=O) groups excluding carboxylic acids is 1. The Morgan fingerprint density at radius 3 is 2.45 bits per heavy atom. The van der Waals surface area contributed by atoms with E-state index >= 15 is 0 Å². The van der Waals surface area contributed by atoms with Crippen LogP contribution in [0.25, 0.3) is 0 Å². The Hall–Kier alpha value is -2.63. The molecule has 1 saturated carbocycles. The number of nitrogens with zero attached hydrogens (tertiary/aromatic N) is 1. The second-order valence-corrected chi connectivity index (χ2v) is 8.83. The molecule has 1 heterocycles. The molecule has 0 aromatic heterocycles. The SMILES string of the molecule is CC(=O)NC(C)c1ccc(N2CCC(c3ccc(OCC4CC4)cc3F)CC2)c(F)c1. The lowest BCUT2D eigenvalue weighted by molar-refractivity contribution is -0.119. The Morgan fingerprint density at radius 1 is 1.10 bits per heavy atom. The van der Waals surface area contributed by atoms with Gasteiger partial charge in [0.2, 0.25) is 5.91 Å². The van der Waals surface area contributed by atoms with Crippen molar-refractivity contribution in [2.45, 2.75) is 51.5 Å². The number of ether oxygens (including phenoxy) is 1. The van der Waals surface area contributed by atoms with Crippen LogP contribution in [0.2, 0.25) is 0 Å². The molecule has 1 aliphatic heterocycles. The summed E-state index contributed by atoms with van der Waals surface area (Å²) in [6.45, 7) is 5.29. The van der Waals surface area contributed by atoms with Gasteiger partial charge in [-0.2, -0.15) is 0 Å². The molecule has 2 aromatic rings. The number of hydrogen-bond donors (Lipinski definition) is 1. The van der Waals surface area contributed by atoms with Crippen molar-refractivity contribution in [1.82, 2.24) is 5.32 Å². The Bertz CT molecular complexity index is 937. The fourth-order valence-corrected chi connectivity index (χ4v) is 4.30. The average Bonchev–Trinajstić information content (AvgIpc) is 3.57. The van der Waals surface area contributed by atoms with Crippen LogP contribution in [0.5, 0.6) is 5.75 Å². The zero-order valence-corrected chi connectivity index (χ0v) is 18.2. The summed E-state index contributed by atoms with van der Waals surface area (Å²) in [5.74, 6) is 0.701. The minimum atomic E-state index is -0.295. The van der Waals surface area contributed by atoms with Gasteiger partial charge in [0.15, 0.2) is 0 Å². The van der Waals surface area contributed by atoms with Gasteiger partial charge in [0.1, 0.15) is 17.4 Å². The summed E-state index contributed by atoms with van der Waals surface area (Å²) < 4.78 is 35.1. The molecule has 4 nitrogen and oxygen atoms in total. The van der Waals surface area contributed by atoms with Crippen LogP contribution in [-0.4, -0.2) is 25.6 Å². The molecule has 1 amide bonds. The van der Waals surface area contributed by atoms with Crippen molar-refractivity contribution in [3.8, 4) is 5.75 Å². The van der Waals surface area contributed by atoms with Crippen molar-refractivity contribution in [3.63, 3.8) is 0 Å². The van der Waals surface area contributed by atoms with E-state index in [4.69, 9.17) is 4.74 Å². The Labute approximate surface area is 182 Å². The van der Waals surface area contributed by atoms with Gasteiger partial charge in [-0.15, -0.1) is 0 Å². The number of nitrogens with one attached hydrogen (secondary N) is 1. The van der Waals surface area contributed by atoms with Crippen LogP contribution in [0.3, 0.4) is 0 Å². The molecule has 2 fully saturated rings. The monoisotopic (exact) mass is 428 g/mol. The van der Waals surface area contributed by atoms with Crippen LogP contribution in [0, 0.1) is 17.6 Å². The Balaban J connectivity index is 1.36. The lowest BCUT2D eigenvalue weighted by Crippen LogP contribution is -2.33. The maximum Gasteiger partial charge on any atom is 0.217 e. The van der Waals surface area contributed by atoms with Crippen molar-refractivity contribution in [2.24, 2.45) is 5.92 Å². The second-order valence-electron chi connectivity index (χ2n) is 8.83. The zero-order valence-electron chi connectivity index (χ0n) is 18.2. The van der Waals surface area contributed by atoms with Gasteiger partial charge in [-0.25, -0.2) is 8.78 Å². The van der Waals surface area contributed by atoms with Gasteiger partial charge >= 0.3 is 0 Å². The average molecular weight is 429 g/mol. The number of halogens is 2. The van der Waals surface area contributed by atoms with E-state index in [1.165, 1.54) is 31.9 Å². The number of rotatable bonds is 7. The fraction of sp³-hybridized carbons (Fsp3) is 0.480. The van der Waals surface area contributed by atoms with E-state index in [9.17, 15) is 13.6 Å². The van der Waals surface area contributed by atoms with Crippen molar-refractivity contribution in [1.29, 1.82) is 0 Å². The van der Waals surface area contributed by atoms with Gasteiger partial charge in [0, 0.05) is 26.1 Å². The molecule has 31 heavy (non-hydrogen) atoms. The third kappa shape index (κ3) is 5.35. The highest BCUT2D eigenvalue weighted by Crippen LogP contribution is 2.35. The van der Waals surface area contributed by atoms with Crippen LogP contribution in [0.4, 0.5) is 14.5 Å². The maximum atomic E-state index is 14.8. The number of piperidine rings is 1. The molecule has 2 aromatic carbocycles. The minimum Gasteiger partial charge on any atom is -0.493 e. The number of benzene rings is 2. The summed E-state index contributed by atoms with van der Waals surface area (Å²) in [5.41, 5.74) is 2.01. The normalized spacial score (nSPS) is 18.0. The molecule has 1 saturated heterocycles. The molecule has 0 spiro atoms. The molecule has 1 aliphatic carbocycles. The third-order valence-electron chi connectivity index (χ3n) is 6.32. The summed E-state index contributed by atoms with van der Waals surface area (Å²) in [5, 5.41) is 2.77. The predicted octanol–water partition coefficient (Wildman–Crippen LogP) is 5.33. The molecule has 6 heteroatoms. The molecule has 166 valence electrons. The van der Waals surface area contributed by atoms with Gasteiger partial charge < -0.3 is 15.0 Å². The number of anilines is 1. The van der Waals surface area contributed by atoms with E-state index in [0.717, 1.165) is 24.0 Å². The van der Waals surface area contributed by atoms with Crippen molar-refractivity contribution in [3.05, 3.63) is 59.2 Å². The first-order chi connectivity index (χ1) is 14.9. The summed E-state index contributed by atoms with van der Waals surface area (Å²) in [4.78, 5) is 13.2. The van der Waals surface area contributed by atoms with E-state index in [-0.39, 0.29) is 29.5 Å². The topological polar surface area (TPSA) is 41.6 Å². The highest BCUT2D eigenvalue weighted by molar-refractivity contribution is 5.73. The number of amides is 1.